The summed E-state index contributed by atoms with van der Waals surface area (Å²) in [6.45, 7) is 6.08. The molecular formula is C34H40ClN5O5S2. The van der Waals surface area contributed by atoms with Crippen LogP contribution in [0.2, 0.25) is 5.02 Å². The van der Waals surface area contributed by atoms with Gasteiger partial charge in [-0.15, -0.1) is 11.3 Å². The van der Waals surface area contributed by atoms with Crippen molar-refractivity contribution < 1.29 is 22.7 Å². The zero-order valence-corrected chi connectivity index (χ0v) is 29.4. The number of thiophene rings is 1. The molecule has 2 saturated carbocycles. The summed E-state index contributed by atoms with van der Waals surface area (Å²) in [6.07, 6.45) is 8.78. The minimum Gasteiger partial charge on any atom is -0.491 e. The fraction of sp³-hybridized carbons (Fsp3) is 0.471. The van der Waals surface area contributed by atoms with Gasteiger partial charge in [0.25, 0.3) is 5.91 Å². The number of hydrogen-bond donors (Lipinski definition) is 2. The minimum absolute atomic E-state index is 0.129. The first-order valence-corrected chi connectivity index (χ1v) is 19.1. The van der Waals surface area contributed by atoms with E-state index in [2.05, 4.69) is 15.2 Å². The number of allylic oxidation sites excluding steroid dienone is 1. The van der Waals surface area contributed by atoms with E-state index >= 15 is 0 Å². The van der Waals surface area contributed by atoms with Gasteiger partial charge in [-0.05, 0) is 90.0 Å². The summed E-state index contributed by atoms with van der Waals surface area (Å²) in [5.41, 5.74) is 4.62. The highest BCUT2D eigenvalue weighted by Crippen LogP contribution is 2.43. The molecule has 3 aliphatic rings. The lowest BCUT2D eigenvalue weighted by molar-refractivity contribution is -0.114. The fourth-order valence-corrected chi connectivity index (χ4v) is 8.13. The molecule has 10 nitrogen and oxygen atoms in total. The summed E-state index contributed by atoms with van der Waals surface area (Å²) in [6, 6.07) is 9.13. The number of sulfonamides is 1. The molecule has 1 atom stereocenters. The summed E-state index contributed by atoms with van der Waals surface area (Å²) in [5, 5.41) is 5.55. The van der Waals surface area contributed by atoms with Gasteiger partial charge >= 0.3 is 0 Å². The Balaban J connectivity index is 1.15. The number of nitrogens with one attached hydrogen (secondary N) is 2. The number of ether oxygens (including phenoxy) is 1. The molecule has 2 fully saturated rings. The van der Waals surface area contributed by atoms with E-state index in [0.717, 1.165) is 53.8 Å². The maximum Gasteiger partial charge on any atom is 0.267 e. The van der Waals surface area contributed by atoms with Gasteiger partial charge in [0.05, 0.1) is 34.4 Å². The Bertz CT molecular complexity index is 1880. The Morgan fingerprint density at radius 2 is 1.81 bits per heavy atom. The molecule has 1 aromatic carbocycles. The third kappa shape index (κ3) is 8.05. The number of aromatic nitrogens is 1. The maximum atomic E-state index is 12.7. The molecule has 0 bridgehead atoms. The van der Waals surface area contributed by atoms with Crippen LogP contribution in [0.4, 0.5) is 0 Å². The Morgan fingerprint density at radius 1 is 1.09 bits per heavy atom. The predicted octanol–water partition coefficient (Wildman–Crippen LogP) is 6.02. The number of aliphatic imine (C=N–C) groups is 1. The van der Waals surface area contributed by atoms with Gasteiger partial charge in [-0.2, -0.15) is 0 Å². The Morgan fingerprint density at radius 3 is 2.47 bits per heavy atom. The standard InChI is InChI=1S/C34H40ClN5O5S2/c1-19-15-28(33-32(37-19)29(18-46-33)34(42)39-47(4,43)44)27-16-22(35)5-12-31(27)45-14-13-36-21(3)38-30-11-10-25(17-26(30)20(2)41)40(23-6-7-23)24-8-9-24/h5,12,15-16,18,23-25H,6-11,13-14,17H2,1-4H3,(H,36,38)(H,39,42)/t25-/m1/s1. The van der Waals surface area contributed by atoms with Crippen molar-refractivity contribution in [3.8, 4) is 16.9 Å². The maximum absolute atomic E-state index is 12.7. The number of Topliss-reactive ketones (excluding diaryl/α,β-unsaturated/α-hetero) is 1. The molecule has 2 N–H and O–H groups in total. The monoisotopic (exact) mass is 697 g/mol. The van der Waals surface area contributed by atoms with Gasteiger partial charge in [0, 0.05) is 56.6 Å². The summed E-state index contributed by atoms with van der Waals surface area (Å²) in [7, 11) is -3.74. The van der Waals surface area contributed by atoms with Gasteiger partial charge in [0.15, 0.2) is 5.78 Å². The van der Waals surface area contributed by atoms with E-state index in [9.17, 15) is 18.0 Å². The van der Waals surface area contributed by atoms with Gasteiger partial charge in [-0.3, -0.25) is 24.5 Å². The lowest BCUT2D eigenvalue weighted by atomic mass is 9.88. The molecule has 6 rings (SSSR count). The lowest BCUT2D eigenvalue weighted by Gasteiger charge is -2.36. The lowest BCUT2D eigenvalue weighted by Crippen LogP contribution is -2.42. The molecule has 13 heteroatoms. The highest BCUT2D eigenvalue weighted by atomic mass is 35.5. The predicted molar refractivity (Wildman–Crippen MR) is 187 cm³/mol. The van der Waals surface area contributed by atoms with Crippen molar-refractivity contribution in [3.63, 3.8) is 0 Å². The second-order valence-electron chi connectivity index (χ2n) is 12.7. The van der Waals surface area contributed by atoms with Crippen molar-refractivity contribution >= 4 is 60.7 Å². The van der Waals surface area contributed by atoms with E-state index < -0.39 is 15.9 Å². The van der Waals surface area contributed by atoms with Crippen LogP contribution in [0.1, 0.15) is 74.8 Å². The number of pyridine rings is 1. The number of ketones is 1. The van der Waals surface area contributed by atoms with Crippen LogP contribution in [0.25, 0.3) is 21.3 Å². The summed E-state index contributed by atoms with van der Waals surface area (Å²) in [4.78, 5) is 37.3. The second-order valence-corrected chi connectivity index (χ2v) is 15.8. The largest absolute Gasteiger partial charge is 0.491 e. The SMILES string of the molecule is CC(=O)C1=C(NC(C)=NCCOc2ccc(Cl)cc2-c2cc(C)nc3c(C(=O)NS(C)(=O)=O)csc23)CC[C@@H](N(C2CC2)C2CC2)C1. The molecule has 2 aromatic heterocycles. The van der Waals surface area contributed by atoms with E-state index in [0.29, 0.717) is 58.0 Å². The second kappa shape index (κ2) is 13.7. The molecule has 47 heavy (non-hydrogen) atoms. The van der Waals surface area contributed by atoms with E-state index in [-0.39, 0.29) is 11.3 Å². The van der Waals surface area contributed by atoms with Crippen molar-refractivity contribution in [2.75, 3.05) is 19.4 Å². The number of amides is 1. The Hall–Kier alpha value is -3.32. The van der Waals surface area contributed by atoms with E-state index in [1.165, 1.54) is 37.0 Å². The normalized spacial score (nSPS) is 18.9. The zero-order chi connectivity index (χ0) is 33.5. The molecule has 0 spiro atoms. The number of benzene rings is 1. The van der Waals surface area contributed by atoms with Gasteiger partial charge in [0.2, 0.25) is 10.0 Å². The molecule has 0 aliphatic heterocycles. The van der Waals surface area contributed by atoms with Crippen LogP contribution < -0.4 is 14.8 Å². The average Bonchev–Trinajstić information content (AvgIpc) is 3.94. The molecular weight excluding hydrogens is 658 g/mol. The smallest absolute Gasteiger partial charge is 0.267 e. The molecule has 2 heterocycles. The minimum atomic E-state index is -3.74. The number of hydrogen-bond acceptors (Lipinski definition) is 9. The molecule has 0 saturated heterocycles. The van der Waals surface area contributed by atoms with Crippen molar-refractivity contribution in [2.45, 2.75) is 83.8 Å². The first-order valence-electron chi connectivity index (χ1n) is 16.0. The number of nitrogens with zero attached hydrogens (tertiary/aromatic N) is 3. The number of carbonyl (C=O) groups is 2. The molecule has 250 valence electrons. The van der Waals surface area contributed by atoms with E-state index in [1.54, 1.807) is 30.5 Å². The highest BCUT2D eigenvalue weighted by molar-refractivity contribution is 7.89. The summed E-state index contributed by atoms with van der Waals surface area (Å²) >= 11 is 7.72. The van der Waals surface area contributed by atoms with Gasteiger partial charge in [-0.1, -0.05) is 11.6 Å². The van der Waals surface area contributed by atoms with Crippen LogP contribution in [0.5, 0.6) is 5.75 Å². The summed E-state index contributed by atoms with van der Waals surface area (Å²) < 4.78 is 32.3. The van der Waals surface area contributed by atoms with Crippen molar-refractivity contribution in [2.24, 2.45) is 4.99 Å². The van der Waals surface area contributed by atoms with Crippen LogP contribution >= 0.6 is 22.9 Å². The topological polar surface area (TPSA) is 130 Å². The molecule has 3 aliphatic carbocycles. The van der Waals surface area contributed by atoms with Crippen molar-refractivity contribution in [1.82, 2.24) is 19.9 Å². The quantitative estimate of drug-likeness (QED) is 0.134. The number of aryl methyl sites for hydroxylation is 1. The third-order valence-electron chi connectivity index (χ3n) is 8.75. The number of carbonyl (C=O) groups excluding carboxylic acids is 2. The molecule has 0 unspecified atom stereocenters. The van der Waals surface area contributed by atoms with Crippen LogP contribution in [0, 0.1) is 6.92 Å². The van der Waals surface area contributed by atoms with Crippen LogP contribution in [-0.4, -0.2) is 73.4 Å². The first kappa shape index (κ1) is 33.6. The van der Waals surface area contributed by atoms with Gasteiger partial charge < -0.3 is 10.1 Å². The number of amidine groups is 1. The summed E-state index contributed by atoms with van der Waals surface area (Å²) in [5.74, 6) is 0.728. The van der Waals surface area contributed by atoms with E-state index in [1.807, 2.05) is 24.6 Å². The molecule has 1 amide bonds. The Kier molecular flexibility index (Phi) is 9.76. The zero-order valence-electron chi connectivity index (χ0n) is 27.1. The van der Waals surface area contributed by atoms with Crippen molar-refractivity contribution in [3.05, 3.63) is 57.2 Å². The number of rotatable bonds is 12. The third-order valence-corrected chi connectivity index (χ3v) is 10.5. The van der Waals surface area contributed by atoms with Crippen molar-refractivity contribution in [1.29, 1.82) is 0 Å². The van der Waals surface area contributed by atoms with E-state index in [4.69, 9.17) is 21.3 Å². The Labute approximate surface area is 284 Å². The fourth-order valence-electron chi connectivity index (χ4n) is 6.50. The van der Waals surface area contributed by atoms with Gasteiger partial charge in [0.1, 0.15) is 12.4 Å². The average molecular weight is 698 g/mol. The number of halogens is 1. The molecule has 3 aromatic rings. The highest BCUT2D eigenvalue weighted by Gasteiger charge is 2.44. The van der Waals surface area contributed by atoms with Crippen LogP contribution in [0.15, 0.2) is 45.9 Å². The van der Waals surface area contributed by atoms with Crippen LogP contribution in [0.3, 0.4) is 0 Å². The molecule has 0 radical (unpaired) electrons. The number of fused-ring (bicyclic) bond motifs is 1. The first-order chi connectivity index (χ1) is 22.4. The van der Waals surface area contributed by atoms with Gasteiger partial charge in [-0.25, -0.2) is 13.1 Å². The van der Waals surface area contributed by atoms with Crippen LogP contribution in [-0.2, 0) is 14.8 Å².